The zero-order valence-electron chi connectivity index (χ0n) is 16.8. The number of halogens is 1. The molecule has 0 unspecified atom stereocenters. The minimum Gasteiger partial charge on any atom is -0.453 e. The molecule has 5 rings (SSSR count). The fraction of sp³-hybridized carbons (Fsp3) is 0.609. The number of rotatable bonds is 7. The first-order valence-corrected chi connectivity index (χ1v) is 11.0. The molecule has 4 aliphatic rings. The van der Waals surface area contributed by atoms with Crippen molar-refractivity contribution in [3.63, 3.8) is 0 Å². The Morgan fingerprint density at radius 1 is 1.03 bits per heavy atom. The number of esters is 1. The molecule has 5 nitrogen and oxygen atoms in total. The smallest absolute Gasteiger partial charge is 0.307 e. The summed E-state index contributed by atoms with van der Waals surface area (Å²) in [7, 11) is 0. The largest absolute Gasteiger partial charge is 0.453 e. The molecule has 4 saturated carbocycles. The van der Waals surface area contributed by atoms with E-state index >= 15 is 0 Å². The van der Waals surface area contributed by atoms with E-state index in [1.807, 2.05) is 0 Å². The summed E-state index contributed by atoms with van der Waals surface area (Å²) in [6.45, 7) is 1.61. The van der Waals surface area contributed by atoms with Crippen molar-refractivity contribution in [2.75, 3.05) is 0 Å². The molecule has 29 heavy (non-hydrogen) atoms. The molecule has 0 saturated heterocycles. The van der Waals surface area contributed by atoms with Crippen LogP contribution in [0.5, 0.6) is 0 Å². The number of nitrogens with one attached hydrogen (secondary N) is 1. The number of hydrogen-bond acceptors (Lipinski definition) is 4. The molecule has 4 bridgehead atoms. The predicted octanol–water partition coefficient (Wildman–Crippen LogP) is 4.32. The molecule has 1 aromatic carbocycles. The second-order valence-corrected chi connectivity index (χ2v) is 9.69. The van der Waals surface area contributed by atoms with Gasteiger partial charge in [-0.3, -0.25) is 14.4 Å². The van der Waals surface area contributed by atoms with Crippen molar-refractivity contribution < 1.29 is 19.1 Å². The second kappa shape index (κ2) is 8.10. The Morgan fingerprint density at radius 2 is 1.59 bits per heavy atom. The van der Waals surface area contributed by atoms with E-state index < -0.39 is 12.1 Å². The van der Waals surface area contributed by atoms with E-state index in [0.29, 0.717) is 10.6 Å². The zero-order chi connectivity index (χ0) is 20.6. The number of hydrogen-bond donors (Lipinski definition) is 1. The lowest BCUT2D eigenvalue weighted by atomic mass is 9.53. The van der Waals surface area contributed by atoms with Crippen molar-refractivity contribution in [2.24, 2.45) is 17.8 Å². The molecule has 4 aliphatic carbocycles. The summed E-state index contributed by atoms with van der Waals surface area (Å²) in [6, 6.07) is 6.56. The molecule has 4 fully saturated rings. The molecule has 1 atom stereocenters. The van der Waals surface area contributed by atoms with Crippen molar-refractivity contribution in [1.29, 1.82) is 0 Å². The normalized spacial score (nSPS) is 30.6. The highest BCUT2D eigenvalue weighted by molar-refractivity contribution is 6.30. The molecule has 0 radical (unpaired) electrons. The maximum atomic E-state index is 12.7. The van der Waals surface area contributed by atoms with Gasteiger partial charge in [0.05, 0.1) is 6.42 Å². The summed E-state index contributed by atoms with van der Waals surface area (Å²) in [5.41, 5.74) is 0.409. The molecule has 0 spiro atoms. The van der Waals surface area contributed by atoms with Crippen LogP contribution in [0.15, 0.2) is 24.3 Å². The van der Waals surface area contributed by atoms with Gasteiger partial charge in [0.2, 0.25) is 0 Å². The maximum Gasteiger partial charge on any atom is 0.307 e. The van der Waals surface area contributed by atoms with Gasteiger partial charge in [-0.05, 0) is 87.5 Å². The van der Waals surface area contributed by atoms with Crippen LogP contribution in [0.25, 0.3) is 0 Å². The zero-order valence-corrected chi connectivity index (χ0v) is 17.5. The number of carbonyl (C=O) groups is 3. The van der Waals surface area contributed by atoms with Crippen molar-refractivity contribution in [3.05, 3.63) is 34.9 Å². The number of ether oxygens (including phenoxy) is 1. The Kier molecular flexibility index (Phi) is 5.69. The summed E-state index contributed by atoms with van der Waals surface area (Å²) in [4.78, 5) is 37.0. The summed E-state index contributed by atoms with van der Waals surface area (Å²) >= 11 is 5.82. The van der Waals surface area contributed by atoms with Crippen LogP contribution in [-0.4, -0.2) is 29.3 Å². The second-order valence-electron chi connectivity index (χ2n) is 9.25. The first-order chi connectivity index (χ1) is 13.8. The Labute approximate surface area is 176 Å². The quantitative estimate of drug-likeness (QED) is 0.529. The third kappa shape index (κ3) is 4.66. The highest BCUT2D eigenvalue weighted by Gasteiger charge is 2.51. The van der Waals surface area contributed by atoms with E-state index in [9.17, 15) is 14.4 Å². The van der Waals surface area contributed by atoms with Crippen LogP contribution in [0, 0.1) is 17.8 Å². The summed E-state index contributed by atoms with van der Waals surface area (Å²) in [5.74, 6) is 1.31. The number of amides is 1. The molecule has 1 aromatic rings. The Balaban J connectivity index is 1.25. The third-order valence-electron chi connectivity index (χ3n) is 6.83. The number of benzene rings is 1. The van der Waals surface area contributed by atoms with Crippen LogP contribution in [0.3, 0.4) is 0 Å². The van der Waals surface area contributed by atoms with Gasteiger partial charge in [-0.2, -0.15) is 0 Å². The van der Waals surface area contributed by atoms with Gasteiger partial charge < -0.3 is 10.1 Å². The average molecular weight is 418 g/mol. The Hall–Kier alpha value is -1.88. The lowest BCUT2D eigenvalue weighted by molar-refractivity contribution is -0.156. The van der Waals surface area contributed by atoms with Gasteiger partial charge in [0, 0.05) is 22.5 Å². The van der Waals surface area contributed by atoms with Gasteiger partial charge in [0.15, 0.2) is 11.9 Å². The average Bonchev–Trinajstić information content (AvgIpc) is 2.65. The van der Waals surface area contributed by atoms with Crippen LogP contribution in [0.1, 0.15) is 68.6 Å². The number of carbonyl (C=O) groups excluding carboxylic acids is 3. The molecular formula is C23H28ClNO4. The van der Waals surface area contributed by atoms with Gasteiger partial charge in [0.25, 0.3) is 5.91 Å². The van der Waals surface area contributed by atoms with Crippen LogP contribution in [-0.2, 0) is 14.3 Å². The highest BCUT2D eigenvalue weighted by atomic mass is 35.5. The first kappa shape index (κ1) is 20.4. The topological polar surface area (TPSA) is 72.5 Å². The van der Waals surface area contributed by atoms with Crippen molar-refractivity contribution >= 4 is 29.3 Å². The third-order valence-corrected chi connectivity index (χ3v) is 7.08. The fourth-order valence-corrected chi connectivity index (χ4v) is 6.06. The van der Waals surface area contributed by atoms with Crippen LogP contribution in [0.4, 0.5) is 0 Å². The molecule has 6 heteroatoms. The van der Waals surface area contributed by atoms with E-state index in [0.717, 1.165) is 37.0 Å². The summed E-state index contributed by atoms with van der Waals surface area (Å²) < 4.78 is 5.31. The Morgan fingerprint density at radius 3 is 2.14 bits per heavy atom. The van der Waals surface area contributed by atoms with E-state index in [4.69, 9.17) is 16.3 Å². The lowest BCUT2D eigenvalue weighted by Gasteiger charge is -2.57. The Bertz CT molecular complexity index is 768. The minimum absolute atomic E-state index is 0.0452. The first-order valence-electron chi connectivity index (χ1n) is 10.6. The fourth-order valence-electron chi connectivity index (χ4n) is 5.93. The van der Waals surface area contributed by atoms with Crippen molar-refractivity contribution in [1.82, 2.24) is 5.32 Å². The van der Waals surface area contributed by atoms with Gasteiger partial charge in [-0.25, -0.2) is 0 Å². The van der Waals surface area contributed by atoms with Gasteiger partial charge >= 0.3 is 5.97 Å². The molecule has 0 aliphatic heterocycles. The van der Waals surface area contributed by atoms with E-state index in [2.05, 4.69) is 5.32 Å². The van der Waals surface area contributed by atoms with E-state index in [1.165, 1.54) is 19.3 Å². The summed E-state index contributed by atoms with van der Waals surface area (Å²) in [5, 5.41) is 3.79. The predicted molar refractivity (Wildman–Crippen MR) is 110 cm³/mol. The standard InChI is InChI=1S/C23H28ClNO4/c1-14(29-21(27)7-6-20(26)18-2-4-19(24)5-3-18)22(28)25-23-11-15-8-16(12-23)10-17(9-15)13-23/h2-5,14-17H,6-13H2,1H3,(H,25,28)/t14-,15?,16?,17?,23?/m1/s1. The monoisotopic (exact) mass is 417 g/mol. The minimum atomic E-state index is -0.846. The van der Waals surface area contributed by atoms with Gasteiger partial charge in [0.1, 0.15) is 0 Å². The highest BCUT2D eigenvalue weighted by Crippen LogP contribution is 2.55. The van der Waals surface area contributed by atoms with Crippen LogP contribution in [0.2, 0.25) is 5.02 Å². The maximum absolute atomic E-state index is 12.7. The van der Waals surface area contributed by atoms with Crippen LogP contribution >= 0.6 is 11.6 Å². The van der Waals surface area contributed by atoms with Gasteiger partial charge in [-0.1, -0.05) is 11.6 Å². The summed E-state index contributed by atoms with van der Waals surface area (Å²) in [6.07, 6.45) is 6.24. The van der Waals surface area contributed by atoms with Crippen molar-refractivity contribution in [2.45, 2.75) is 69.9 Å². The van der Waals surface area contributed by atoms with Gasteiger partial charge in [-0.15, -0.1) is 0 Å². The van der Waals surface area contributed by atoms with Crippen LogP contribution < -0.4 is 5.32 Å². The lowest BCUT2D eigenvalue weighted by Crippen LogP contribution is -2.61. The molecule has 156 valence electrons. The molecule has 0 heterocycles. The molecule has 1 amide bonds. The molecular weight excluding hydrogens is 390 g/mol. The molecule has 1 N–H and O–H groups in total. The molecule has 0 aromatic heterocycles. The SMILES string of the molecule is C[C@@H](OC(=O)CCC(=O)c1ccc(Cl)cc1)C(=O)NC12CC3CC(CC(C3)C1)C2. The number of ketones is 1. The van der Waals surface area contributed by atoms with E-state index in [1.54, 1.807) is 31.2 Å². The van der Waals surface area contributed by atoms with E-state index in [-0.39, 0.29) is 30.1 Å². The number of Topliss-reactive ketones (excluding diaryl/α,β-unsaturated/α-hetero) is 1. The van der Waals surface area contributed by atoms with Crippen molar-refractivity contribution in [3.8, 4) is 0 Å².